The molecule has 0 aromatic heterocycles. The molecule has 154 valence electrons. The summed E-state index contributed by atoms with van der Waals surface area (Å²) in [5.74, 6) is -0.199. The van der Waals surface area contributed by atoms with Gasteiger partial charge in [-0.05, 0) is 61.0 Å². The molecule has 6 heteroatoms. The van der Waals surface area contributed by atoms with E-state index in [2.05, 4.69) is 27.7 Å². The average molecular weight is 403 g/mol. The maximum atomic E-state index is 12.5. The monoisotopic (exact) mass is 403 g/mol. The SMILES string of the molecule is Cc1ccc(Nc2cccc(N3CCOCC3)c2)cc1NC(=O)c1cccc(O)c1. The molecule has 1 fully saturated rings. The van der Waals surface area contributed by atoms with Gasteiger partial charge in [0.1, 0.15) is 5.75 Å². The van der Waals surface area contributed by atoms with Crippen LogP contribution in [0.25, 0.3) is 0 Å². The summed E-state index contributed by atoms with van der Waals surface area (Å²) in [6.45, 7) is 5.22. The van der Waals surface area contributed by atoms with Crippen LogP contribution in [0, 0.1) is 6.92 Å². The van der Waals surface area contributed by atoms with Crippen LogP contribution in [0.4, 0.5) is 22.7 Å². The summed E-state index contributed by atoms with van der Waals surface area (Å²) in [5, 5.41) is 16.0. The molecular weight excluding hydrogens is 378 g/mol. The number of amides is 1. The van der Waals surface area contributed by atoms with Gasteiger partial charge in [-0.3, -0.25) is 4.79 Å². The summed E-state index contributed by atoms with van der Waals surface area (Å²) >= 11 is 0. The molecule has 1 amide bonds. The lowest BCUT2D eigenvalue weighted by atomic mass is 10.1. The Morgan fingerprint density at radius 3 is 2.53 bits per heavy atom. The smallest absolute Gasteiger partial charge is 0.255 e. The Morgan fingerprint density at radius 1 is 0.967 bits per heavy atom. The third-order valence-electron chi connectivity index (χ3n) is 5.11. The molecule has 0 atom stereocenters. The van der Waals surface area contributed by atoms with E-state index in [-0.39, 0.29) is 11.7 Å². The van der Waals surface area contributed by atoms with Gasteiger partial charge in [-0.15, -0.1) is 0 Å². The van der Waals surface area contributed by atoms with Gasteiger partial charge in [0.2, 0.25) is 0 Å². The molecule has 0 aliphatic carbocycles. The van der Waals surface area contributed by atoms with Gasteiger partial charge in [-0.2, -0.15) is 0 Å². The summed E-state index contributed by atoms with van der Waals surface area (Å²) in [6.07, 6.45) is 0. The number of morpholine rings is 1. The van der Waals surface area contributed by atoms with Gasteiger partial charge in [0, 0.05) is 41.4 Å². The zero-order chi connectivity index (χ0) is 20.9. The molecule has 3 aromatic rings. The van der Waals surface area contributed by atoms with E-state index in [1.807, 2.05) is 37.3 Å². The van der Waals surface area contributed by atoms with Crippen molar-refractivity contribution in [1.29, 1.82) is 0 Å². The van der Waals surface area contributed by atoms with Crippen molar-refractivity contribution in [3.8, 4) is 5.75 Å². The average Bonchev–Trinajstić information content (AvgIpc) is 2.77. The molecule has 6 nitrogen and oxygen atoms in total. The first-order valence-electron chi connectivity index (χ1n) is 9.99. The summed E-state index contributed by atoms with van der Waals surface area (Å²) in [7, 11) is 0. The number of carbonyl (C=O) groups is 1. The molecule has 1 saturated heterocycles. The van der Waals surface area contributed by atoms with Gasteiger partial charge in [0.05, 0.1) is 13.2 Å². The number of anilines is 4. The molecule has 0 bridgehead atoms. The second-order valence-electron chi connectivity index (χ2n) is 7.31. The van der Waals surface area contributed by atoms with Crippen molar-refractivity contribution in [3.63, 3.8) is 0 Å². The zero-order valence-corrected chi connectivity index (χ0v) is 16.9. The highest BCUT2D eigenvalue weighted by molar-refractivity contribution is 6.05. The minimum Gasteiger partial charge on any atom is -0.508 e. The van der Waals surface area contributed by atoms with Crippen LogP contribution >= 0.6 is 0 Å². The predicted octanol–water partition coefficient (Wildman–Crippen LogP) is 4.53. The van der Waals surface area contributed by atoms with E-state index in [0.717, 1.165) is 54.6 Å². The van der Waals surface area contributed by atoms with Crippen molar-refractivity contribution in [2.24, 2.45) is 0 Å². The van der Waals surface area contributed by atoms with E-state index < -0.39 is 0 Å². The van der Waals surface area contributed by atoms with Gasteiger partial charge >= 0.3 is 0 Å². The molecule has 0 radical (unpaired) electrons. The number of phenolic OH excluding ortho intramolecular Hbond substituents is 1. The number of phenols is 1. The Balaban J connectivity index is 1.50. The number of carbonyl (C=O) groups excluding carboxylic acids is 1. The first-order valence-corrected chi connectivity index (χ1v) is 9.99. The highest BCUT2D eigenvalue weighted by Crippen LogP contribution is 2.27. The van der Waals surface area contributed by atoms with Gasteiger partial charge in [0.25, 0.3) is 5.91 Å². The van der Waals surface area contributed by atoms with Crippen LogP contribution in [0.5, 0.6) is 5.75 Å². The fourth-order valence-corrected chi connectivity index (χ4v) is 3.44. The number of benzene rings is 3. The Bertz CT molecular complexity index is 1050. The minimum atomic E-state index is -0.263. The second kappa shape index (κ2) is 8.88. The van der Waals surface area contributed by atoms with E-state index in [4.69, 9.17) is 4.74 Å². The second-order valence-corrected chi connectivity index (χ2v) is 7.31. The molecule has 0 spiro atoms. The van der Waals surface area contributed by atoms with Gasteiger partial charge in [-0.25, -0.2) is 0 Å². The summed E-state index contributed by atoms with van der Waals surface area (Å²) in [5.41, 5.74) is 5.10. The number of nitrogens with zero attached hydrogens (tertiary/aromatic N) is 1. The number of nitrogens with one attached hydrogen (secondary N) is 2. The maximum absolute atomic E-state index is 12.5. The van der Waals surface area contributed by atoms with Crippen LogP contribution < -0.4 is 15.5 Å². The van der Waals surface area contributed by atoms with Crippen molar-refractivity contribution in [2.75, 3.05) is 41.8 Å². The third kappa shape index (κ3) is 4.72. The minimum absolute atomic E-state index is 0.0648. The van der Waals surface area contributed by atoms with Crippen LogP contribution in [0.2, 0.25) is 0 Å². The molecule has 1 heterocycles. The Labute approximate surface area is 176 Å². The van der Waals surface area contributed by atoms with Crippen LogP contribution in [-0.4, -0.2) is 37.3 Å². The van der Waals surface area contributed by atoms with E-state index in [1.165, 1.54) is 12.1 Å². The maximum Gasteiger partial charge on any atom is 0.255 e. The molecular formula is C24H25N3O3. The van der Waals surface area contributed by atoms with E-state index in [1.54, 1.807) is 12.1 Å². The molecule has 0 unspecified atom stereocenters. The highest BCUT2D eigenvalue weighted by Gasteiger charge is 2.12. The van der Waals surface area contributed by atoms with Gasteiger partial charge in [0.15, 0.2) is 0 Å². The van der Waals surface area contributed by atoms with Crippen molar-refractivity contribution in [1.82, 2.24) is 0 Å². The first-order chi connectivity index (χ1) is 14.6. The van der Waals surface area contributed by atoms with E-state index in [9.17, 15) is 9.90 Å². The molecule has 3 aromatic carbocycles. The Hall–Kier alpha value is -3.51. The molecule has 3 N–H and O–H groups in total. The van der Waals surface area contributed by atoms with Crippen molar-refractivity contribution in [3.05, 3.63) is 77.9 Å². The number of hydrogen-bond donors (Lipinski definition) is 3. The largest absolute Gasteiger partial charge is 0.508 e. The molecule has 1 aliphatic rings. The molecule has 0 saturated carbocycles. The normalized spacial score (nSPS) is 13.7. The first kappa shape index (κ1) is 19.8. The fraction of sp³-hybridized carbons (Fsp3) is 0.208. The zero-order valence-electron chi connectivity index (χ0n) is 16.9. The molecule has 4 rings (SSSR count). The number of hydrogen-bond acceptors (Lipinski definition) is 5. The number of ether oxygens (including phenoxy) is 1. The Kier molecular flexibility index (Phi) is 5.86. The highest BCUT2D eigenvalue weighted by atomic mass is 16.5. The fourth-order valence-electron chi connectivity index (χ4n) is 3.44. The molecule has 30 heavy (non-hydrogen) atoms. The number of aromatic hydroxyl groups is 1. The summed E-state index contributed by atoms with van der Waals surface area (Å²) in [4.78, 5) is 14.9. The van der Waals surface area contributed by atoms with Gasteiger partial charge in [-0.1, -0.05) is 18.2 Å². The number of rotatable bonds is 5. The molecule has 1 aliphatic heterocycles. The van der Waals surface area contributed by atoms with Crippen LogP contribution in [0.1, 0.15) is 15.9 Å². The van der Waals surface area contributed by atoms with Gasteiger partial charge < -0.3 is 25.4 Å². The summed E-state index contributed by atoms with van der Waals surface area (Å²) < 4.78 is 5.44. The van der Waals surface area contributed by atoms with Crippen LogP contribution in [-0.2, 0) is 4.74 Å². The number of aryl methyl sites for hydroxylation is 1. The third-order valence-corrected chi connectivity index (χ3v) is 5.11. The lowest BCUT2D eigenvalue weighted by Gasteiger charge is -2.29. The lowest BCUT2D eigenvalue weighted by molar-refractivity contribution is 0.102. The van der Waals surface area contributed by atoms with Crippen LogP contribution in [0.3, 0.4) is 0 Å². The summed E-state index contributed by atoms with van der Waals surface area (Å²) in [6, 6.07) is 20.5. The predicted molar refractivity (Wildman–Crippen MR) is 120 cm³/mol. The van der Waals surface area contributed by atoms with Crippen molar-refractivity contribution < 1.29 is 14.6 Å². The van der Waals surface area contributed by atoms with Crippen molar-refractivity contribution >= 4 is 28.7 Å². The quantitative estimate of drug-likeness (QED) is 0.584. The lowest BCUT2D eigenvalue weighted by Crippen LogP contribution is -2.36. The van der Waals surface area contributed by atoms with E-state index in [0.29, 0.717) is 5.56 Å². The standard InChI is InChI=1S/C24H25N3O3/c1-17-8-9-20(16-23(17)26-24(29)18-4-2-7-22(28)14-18)25-19-5-3-6-21(15-19)27-10-12-30-13-11-27/h2-9,14-16,25,28H,10-13H2,1H3,(H,26,29). The Morgan fingerprint density at radius 2 is 1.73 bits per heavy atom. The topological polar surface area (TPSA) is 73.8 Å². The van der Waals surface area contributed by atoms with Crippen LogP contribution in [0.15, 0.2) is 66.7 Å². The van der Waals surface area contributed by atoms with Crippen molar-refractivity contribution in [2.45, 2.75) is 6.92 Å². The van der Waals surface area contributed by atoms with E-state index >= 15 is 0 Å².